The Kier molecular flexibility index (Phi) is 4.37. The van der Waals surface area contributed by atoms with Gasteiger partial charge in [-0.05, 0) is 37.0 Å². The second-order valence-corrected chi connectivity index (χ2v) is 5.34. The lowest BCUT2D eigenvalue weighted by Gasteiger charge is -2.13. The highest BCUT2D eigenvalue weighted by molar-refractivity contribution is 5.88. The van der Waals surface area contributed by atoms with E-state index < -0.39 is 0 Å². The van der Waals surface area contributed by atoms with Gasteiger partial charge in [0.1, 0.15) is 0 Å². The average Bonchev–Trinajstić information content (AvgIpc) is 3.11. The molecule has 1 unspecified atom stereocenters. The summed E-state index contributed by atoms with van der Waals surface area (Å²) in [5.74, 6) is 0.938. The van der Waals surface area contributed by atoms with E-state index in [0.717, 1.165) is 18.2 Å². The van der Waals surface area contributed by atoms with Crippen LogP contribution in [0.3, 0.4) is 0 Å². The standard InChI is InChI=1S/C15H22N2O/c1-11(9-13-3-4-13)16-10-14-5-7-15(8-6-14)17-12(2)18/h5-8,11,13,16H,3-4,9-10H2,1-2H3,(H,17,18). The van der Waals surface area contributed by atoms with Crippen LogP contribution in [-0.2, 0) is 11.3 Å². The minimum Gasteiger partial charge on any atom is -0.326 e. The Bertz CT molecular complexity index is 395. The predicted molar refractivity (Wildman–Crippen MR) is 74.4 cm³/mol. The molecule has 2 N–H and O–H groups in total. The van der Waals surface area contributed by atoms with Crippen LogP contribution >= 0.6 is 0 Å². The maximum Gasteiger partial charge on any atom is 0.221 e. The third kappa shape index (κ3) is 4.49. The van der Waals surface area contributed by atoms with Gasteiger partial charge < -0.3 is 10.6 Å². The quantitative estimate of drug-likeness (QED) is 0.810. The van der Waals surface area contributed by atoms with Gasteiger partial charge in [-0.3, -0.25) is 4.79 Å². The van der Waals surface area contributed by atoms with E-state index in [1.807, 2.05) is 12.1 Å². The number of carbonyl (C=O) groups excluding carboxylic acids is 1. The summed E-state index contributed by atoms with van der Waals surface area (Å²) in [4.78, 5) is 10.9. The lowest BCUT2D eigenvalue weighted by Crippen LogP contribution is -2.25. The largest absolute Gasteiger partial charge is 0.326 e. The Morgan fingerprint density at radius 1 is 1.33 bits per heavy atom. The van der Waals surface area contributed by atoms with Crippen molar-refractivity contribution in [2.45, 2.75) is 45.7 Å². The number of rotatable bonds is 6. The van der Waals surface area contributed by atoms with Crippen molar-refractivity contribution >= 4 is 11.6 Å². The molecule has 0 aromatic heterocycles. The zero-order chi connectivity index (χ0) is 13.0. The van der Waals surface area contributed by atoms with Gasteiger partial charge in [-0.1, -0.05) is 25.0 Å². The number of hydrogen-bond donors (Lipinski definition) is 2. The highest BCUT2D eigenvalue weighted by Crippen LogP contribution is 2.33. The van der Waals surface area contributed by atoms with Gasteiger partial charge in [-0.2, -0.15) is 0 Å². The van der Waals surface area contributed by atoms with Crippen molar-refractivity contribution in [1.29, 1.82) is 0 Å². The number of benzene rings is 1. The van der Waals surface area contributed by atoms with Gasteiger partial charge in [-0.25, -0.2) is 0 Å². The number of nitrogens with one attached hydrogen (secondary N) is 2. The molecule has 1 aromatic carbocycles. The zero-order valence-electron chi connectivity index (χ0n) is 11.2. The smallest absolute Gasteiger partial charge is 0.221 e. The van der Waals surface area contributed by atoms with Gasteiger partial charge in [0, 0.05) is 25.2 Å². The normalized spacial score (nSPS) is 16.3. The Morgan fingerprint density at radius 3 is 2.56 bits per heavy atom. The van der Waals surface area contributed by atoms with Crippen LogP contribution in [0.5, 0.6) is 0 Å². The SMILES string of the molecule is CC(=O)Nc1ccc(CNC(C)CC2CC2)cc1. The molecule has 0 saturated heterocycles. The highest BCUT2D eigenvalue weighted by Gasteiger charge is 2.23. The van der Waals surface area contributed by atoms with E-state index in [2.05, 4.69) is 29.7 Å². The maximum atomic E-state index is 10.9. The highest BCUT2D eigenvalue weighted by atomic mass is 16.1. The van der Waals surface area contributed by atoms with E-state index >= 15 is 0 Å². The molecule has 1 aliphatic rings. The van der Waals surface area contributed by atoms with Crippen LogP contribution in [0.25, 0.3) is 0 Å². The summed E-state index contributed by atoms with van der Waals surface area (Å²) in [6, 6.07) is 8.60. The van der Waals surface area contributed by atoms with Gasteiger partial charge in [0.05, 0.1) is 0 Å². The lowest BCUT2D eigenvalue weighted by atomic mass is 10.1. The third-order valence-electron chi connectivity index (χ3n) is 3.31. The second kappa shape index (κ2) is 6.01. The Morgan fingerprint density at radius 2 is 2.00 bits per heavy atom. The van der Waals surface area contributed by atoms with Gasteiger partial charge >= 0.3 is 0 Å². The Labute approximate surface area is 109 Å². The molecule has 3 heteroatoms. The summed E-state index contributed by atoms with van der Waals surface area (Å²) in [6.45, 7) is 4.67. The molecular weight excluding hydrogens is 224 g/mol. The predicted octanol–water partition coefficient (Wildman–Crippen LogP) is 2.92. The van der Waals surface area contributed by atoms with Crippen LogP contribution in [0, 0.1) is 5.92 Å². The molecule has 1 aromatic rings. The van der Waals surface area contributed by atoms with Crippen LogP contribution in [0.1, 0.15) is 38.7 Å². The summed E-state index contributed by atoms with van der Waals surface area (Å²) < 4.78 is 0. The fourth-order valence-corrected chi connectivity index (χ4v) is 2.14. The molecule has 0 aliphatic heterocycles. The van der Waals surface area contributed by atoms with Gasteiger partial charge in [0.25, 0.3) is 0 Å². The molecule has 0 heterocycles. The molecule has 18 heavy (non-hydrogen) atoms. The molecule has 98 valence electrons. The third-order valence-corrected chi connectivity index (χ3v) is 3.31. The Hall–Kier alpha value is -1.35. The summed E-state index contributed by atoms with van der Waals surface area (Å²) >= 11 is 0. The summed E-state index contributed by atoms with van der Waals surface area (Å²) in [5.41, 5.74) is 2.11. The summed E-state index contributed by atoms with van der Waals surface area (Å²) in [7, 11) is 0. The van der Waals surface area contributed by atoms with Crippen LogP contribution in [0.15, 0.2) is 24.3 Å². The van der Waals surface area contributed by atoms with E-state index in [1.165, 1.54) is 31.7 Å². The molecule has 1 atom stereocenters. The van der Waals surface area contributed by atoms with Crippen LogP contribution in [0.2, 0.25) is 0 Å². The molecule has 3 nitrogen and oxygen atoms in total. The number of carbonyl (C=O) groups is 1. The minimum absolute atomic E-state index is 0.0288. The molecule has 1 fully saturated rings. The van der Waals surface area contributed by atoms with Crippen molar-refractivity contribution in [3.05, 3.63) is 29.8 Å². The van der Waals surface area contributed by atoms with Crippen molar-refractivity contribution in [3.8, 4) is 0 Å². The topological polar surface area (TPSA) is 41.1 Å². The van der Waals surface area contributed by atoms with E-state index in [9.17, 15) is 4.79 Å². The fraction of sp³-hybridized carbons (Fsp3) is 0.533. The molecule has 2 rings (SSSR count). The van der Waals surface area contributed by atoms with E-state index in [0.29, 0.717) is 6.04 Å². The molecule has 0 spiro atoms. The van der Waals surface area contributed by atoms with Crippen molar-refractivity contribution < 1.29 is 4.79 Å². The number of hydrogen-bond acceptors (Lipinski definition) is 2. The first-order valence-corrected chi connectivity index (χ1v) is 6.73. The van der Waals surface area contributed by atoms with E-state index in [1.54, 1.807) is 0 Å². The Balaban J connectivity index is 1.76. The van der Waals surface area contributed by atoms with Crippen molar-refractivity contribution in [2.24, 2.45) is 5.92 Å². The summed E-state index contributed by atoms with van der Waals surface area (Å²) in [5, 5.41) is 6.32. The maximum absolute atomic E-state index is 10.9. The van der Waals surface area contributed by atoms with Gasteiger partial charge in [0.2, 0.25) is 5.91 Å². The van der Waals surface area contributed by atoms with Gasteiger partial charge in [-0.15, -0.1) is 0 Å². The van der Waals surface area contributed by atoms with Crippen LogP contribution in [0.4, 0.5) is 5.69 Å². The average molecular weight is 246 g/mol. The van der Waals surface area contributed by atoms with Gasteiger partial charge in [0.15, 0.2) is 0 Å². The lowest BCUT2D eigenvalue weighted by molar-refractivity contribution is -0.114. The van der Waals surface area contributed by atoms with Crippen molar-refractivity contribution in [2.75, 3.05) is 5.32 Å². The molecule has 1 aliphatic carbocycles. The molecule has 0 radical (unpaired) electrons. The first kappa shape index (κ1) is 13.1. The second-order valence-electron chi connectivity index (χ2n) is 5.34. The summed E-state index contributed by atoms with van der Waals surface area (Å²) in [6.07, 6.45) is 4.12. The molecular formula is C15H22N2O. The van der Waals surface area contributed by atoms with E-state index in [4.69, 9.17) is 0 Å². The first-order chi connectivity index (χ1) is 8.63. The molecule has 0 bridgehead atoms. The zero-order valence-corrected chi connectivity index (χ0v) is 11.2. The van der Waals surface area contributed by atoms with Crippen molar-refractivity contribution in [3.63, 3.8) is 0 Å². The van der Waals surface area contributed by atoms with Crippen LogP contribution < -0.4 is 10.6 Å². The number of anilines is 1. The monoisotopic (exact) mass is 246 g/mol. The van der Waals surface area contributed by atoms with Crippen molar-refractivity contribution in [1.82, 2.24) is 5.32 Å². The first-order valence-electron chi connectivity index (χ1n) is 6.73. The van der Waals surface area contributed by atoms with Crippen LogP contribution in [-0.4, -0.2) is 11.9 Å². The minimum atomic E-state index is -0.0288. The molecule has 1 amide bonds. The molecule has 1 saturated carbocycles. The number of amides is 1. The van der Waals surface area contributed by atoms with E-state index in [-0.39, 0.29) is 5.91 Å². The fourth-order valence-electron chi connectivity index (χ4n) is 2.14.